The first-order chi connectivity index (χ1) is 13.5. The van der Waals surface area contributed by atoms with Gasteiger partial charge in [0.2, 0.25) is 11.8 Å². The number of thioether (sulfide) groups is 1. The van der Waals surface area contributed by atoms with Gasteiger partial charge in [-0.15, -0.1) is 21.5 Å². The third-order valence-electron chi connectivity index (χ3n) is 3.61. The molecule has 0 bridgehead atoms. The molecule has 0 aliphatic carbocycles. The quantitative estimate of drug-likeness (QED) is 0.540. The highest BCUT2D eigenvalue weighted by atomic mass is 32.2. The Kier molecular flexibility index (Phi) is 6.61. The van der Waals surface area contributed by atoms with E-state index in [4.69, 9.17) is 4.74 Å². The molecule has 28 heavy (non-hydrogen) atoms. The number of anilines is 2. The summed E-state index contributed by atoms with van der Waals surface area (Å²) >= 11 is 2.59. The summed E-state index contributed by atoms with van der Waals surface area (Å²) in [5, 5.41) is 16.5. The van der Waals surface area contributed by atoms with E-state index in [1.165, 1.54) is 23.1 Å². The van der Waals surface area contributed by atoms with Crippen LogP contribution in [-0.4, -0.2) is 44.4 Å². The summed E-state index contributed by atoms with van der Waals surface area (Å²) in [5.74, 6) is 0.929. The van der Waals surface area contributed by atoms with E-state index in [1.54, 1.807) is 54.6 Å². The average molecular weight is 419 g/mol. The van der Waals surface area contributed by atoms with Crippen molar-refractivity contribution in [1.82, 2.24) is 19.7 Å². The Bertz CT molecular complexity index is 958. The number of thiazole rings is 1. The van der Waals surface area contributed by atoms with Crippen molar-refractivity contribution in [3.8, 4) is 5.75 Å². The van der Waals surface area contributed by atoms with Crippen LogP contribution < -0.4 is 15.4 Å². The van der Waals surface area contributed by atoms with E-state index in [0.717, 1.165) is 0 Å². The first-order valence-corrected chi connectivity index (χ1v) is 10.1. The largest absolute Gasteiger partial charge is 0.497 e. The Morgan fingerprint density at radius 1 is 1.25 bits per heavy atom. The van der Waals surface area contributed by atoms with Crippen molar-refractivity contribution in [2.75, 3.05) is 23.5 Å². The molecule has 0 aliphatic rings. The molecule has 2 N–H and O–H groups in total. The van der Waals surface area contributed by atoms with Crippen LogP contribution in [0.1, 0.15) is 5.82 Å². The Labute approximate surface area is 169 Å². The van der Waals surface area contributed by atoms with Gasteiger partial charge in [0.05, 0.1) is 19.3 Å². The Morgan fingerprint density at radius 3 is 2.86 bits per heavy atom. The third-order valence-corrected chi connectivity index (χ3v) is 5.32. The number of methoxy groups -OCH3 is 1. The Morgan fingerprint density at radius 2 is 2.11 bits per heavy atom. The number of amides is 2. The van der Waals surface area contributed by atoms with Crippen molar-refractivity contribution < 1.29 is 14.3 Å². The summed E-state index contributed by atoms with van der Waals surface area (Å²) in [4.78, 5) is 28.2. The van der Waals surface area contributed by atoms with E-state index in [0.29, 0.717) is 27.5 Å². The molecule has 11 heteroatoms. The van der Waals surface area contributed by atoms with Crippen molar-refractivity contribution in [1.29, 1.82) is 0 Å². The van der Waals surface area contributed by atoms with Crippen LogP contribution in [0.4, 0.5) is 10.8 Å². The number of hydrogen-bond donors (Lipinski definition) is 2. The fourth-order valence-corrected chi connectivity index (χ4v) is 3.52. The molecule has 2 amide bonds. The number of nitrogens with one attached hydrogen (secondary N) is 2. The van der Waals surface area contributed by atoms with Crippen molar-refractivity contribution in [3.05, 3.63) is 41.7 Å². The minimum atomic E-state index is -0.221. The molecule has 9 nitrogen and oxygen atoms in total. The maximum Gasteiger partial charge on any atom is 0.236 e. The van der Waals surface area contributed by atoms with Crippen LogP contribution in [-0.2, 0) is 23.1 Å². The molecule has 146 valence electrons. The van der Waals surface area contributed by atoms with E-state index < -0.39 is 0 Å². The van der Waals surface area contributed by atoms with Gasteiger partial charge in [0.1, 0.15) is 11.6 Å². The standard InChI is InChI=1S/C17H18N6O3S2/c1-23-13(9-14(24)19-11-4-3-5-12(8-11)26-2)21-22-17(23)28-10-15(25)20-16-18-6-7-27-16/h3-8H,9-10H2,1-2H3,(H,19,24)(H,18,20,25). The molecule has 2 heterocycles. The van der Waals surface area contributed by atoms with Crippen LogP contribution >= 0.6 is 23.1 Å². The molecule has 0 saturated carbocycles. The first-order valence-electron chi connectivity index (χ1n) is 8.19. The number of benzene rings is 1. The molecule has 0 spiro atoms. The van der Waals surface area contributed by atoms with Gasteiger partial charge in [-0.05, 0) is 12.1 Å². The molecular formula is C17H18N6O3S2. The maximum absolute atomic E-state index is 12.3. The molecule has 0 aliphatic heterocycles. The highest BCUT2D eigenvalue weighted by molar-refractivity contribution is 7.99. The Hall–Kier alpha value is -2.92. The van der Waals surface area contributed by atoms with E-state index >= 15 is 0 Å². The van der Waals surface area contributed by atoms with Gasteiger partial charge < -0.3 is 19.9 Å². The predicted molar refractivity (Wildman–Crippen MR) is 108 cm³/mol. The van der Waals surface area contributed by atoms with Gasteiger partial charge in [0.15, 0.2) is 10.3 Å². The zero-order chi connectivity index (χ0) is 19.9. The molecule has 2 aromatic heterocycles. The van der Waals surface area contributed by atoms with Gasteiger partial charge in [0, 0.05) is 30.4 Å². The van der Waals surface area contributed by atoms with Crippen LogP contribution in [0.3, 0.4) is 0 Å². The van der Waals surface area contributed by atoms with Crippen LogP contribution in [0.25, 0.3) is 0 Å². The molecule has 0 fully saturated rings. The lowest BCUT2D eigenvalue weighted by molar-refractivity contribution is -0.116. The number of hydrogen-bond acceptors (Lipinski definition) is 8. The number of nitrogens with zero attached hydrogens (tertiary/aromatic N) is 4. The number of aromatic nitrogens is 4. The summed E-state index contributed by atoms with van der Waals surface area (Å²) in [5.41, 5.74) is 0.639. The second-order valence-corrected chi connectivity index (χ2v) is 7.43. The second kappa shape index (κ2) is 9.33. The topological polar surface area (TPSA) is 111 Å². The molecule has 3 aromatic rings. The smallest absolute Gasteiger partial charge is 0.236 e. The minimum absolute atomic E-state index is 0.0621. The third kappa shape index (κ3) is 5.30. The fourth-order valence-electron chi connectivity index (χ4n) is 2.24. The SMILES string of the molecule is COc1cccc(NC(=O)Cc2nnc(SCC(=O)Nc3nccs3)n2C)c1. The highest BCUT2D eigenvalue weighted by Gasteiger charge is 2.15. The number of ether oxygens (including phenoxy) is 1. The summed E-state index contributed by atoms with van der Waals surface area (Å²) in [6.07, 6.45) is 1.69. The van der Waals surface area contributed by atoms with Gasteiger partial charge >= 0.3 is 0 Å². The zero-order valence-corrected chi connectivity index (χ0v) is 16.8. The zero-order valence-electron chi connectivity index (χ0n) is 15.2. The summed E-state index contributed by atoms with van der Waals surface area (Å²) in [6.45, 7) is 0. The Balaban J connectivity index is 1.53. The second-order valence-electron chi connectivity index (χ2n) is 5.59. The van der Waals surface area contributed by atoms with Gasteiger partial charge in [-0.25, -0.2) is 4.98 Å². The number of carbonyl (C=O) groups excluding carboxylic acids is 2. The van der Waals surface area contributed by atoms with E-state index in [2.05, 4.69) is 25.8 Å². The van der Waals surface area contributed by atoms with Crippen molar-refractivity contribution in [2.24, 2.45) is 7.05 Å². The lowest BCUT2D eigenvalue weighted by Crippen LogP contribution is -2.17. The van der Waals surface area contributed by atoms with Crippen LogP contribution in [0, 0.1) is 0 Å². The molecule has 0 radical (unpaired) electrons. The predicted octanol–water partition coefficient (Wildman–Crippen LogP) is 2.19. The molecule has 0 saturated heterocycles. The average Bonchev–Trinajstić information content (AvgIpc) is 3.31. The summed E-state index contributed by atoms with van der Waals surface area (Å²) in [7, 11) is 3.33. The van der Waals surface area contributed by atoms with Gasteiger partial charge in [-0.2, -0.15) is 0 Å². The van der Waals surface area contributed by atoms with Gasteiger partial charge in [-0.3, -0.25) is 9.59 Å². The molecule has 3 rings (SSSR count). The monoisotopic (exact) mass is 418 g/mol. The van der Waals surface area contributed by atoms with Crippen molar-refractivity contribution in [2.45, 2.75) is 11.6 Å². The minimum Gasteiger partial charge on any atom is -0.497 e. The molecule has 1 aromatic carbocycles. The van der Waals surface area contributed by atoms with Crippen LogP contribution in [0.15, 0.2) is 41.0 Å². The normalized spacial score (nSPS) is 10.5. The van der Waals surface area contributed by atoms with Crippen molar-refractivity contribution in [3.63, 3.8) is 0 Å². The van der Waals surface area contributed by atoms with Gasteiger partial charge in [-0.1, -0.05) is 17.8 Å². The molecule has 0 unspecified atom stereocenters. The molecule has 0 atom stereocenters. The van der Waals surface area contributed by atoms with Crippen LogP contribution in [0.5, 0.6) is 5.75 Å². The number of rotatable bonds is 8. The van der Waals surface area contributed by atoms with Crippen molar-refractivity contribution >= 4 is 45.7 Å². The van der Waals surface area contributed by atoms with E-state index in [-0.39, 0.29) is 24.0 Å². The highest BCUT2D eigenvalue weighted by Crippen LogP contribution is 2.19. The van der Waals surface area contributed by atoms with E-state index in [1.807, 2.05) is 0 Å². The lowest BCUT2D eigenvalue weighted by Gasteiger charge is -2.07. The van der Waals surface area contributed by atoms with E-state index in [9.17, 15) is 9.59 Å². The molecular weight excluding hydrogens is 400 g/mol. The summed E-state index contributed by atoms with van der Waals surface area (Å²) < 4.78 is 6.84. The first kappa shape index (κ1) is 19.8. The van der Waals surface area contributed by atoms with Crippen LogP contribution in [0.2, 0.25) is 0 Å². The fraction of sp³-hybridized carbons (Fsp3) is 0.235. The lowest BCUT2D eigenvalue weighted by atomic mass is 10.3. The number of carbonyl (C=O) groups is 2. The van der Waals surface area contributed by atoms with Gasteiger partial charge in [0.25, 0.3) is 0 Å². The maximum atomic E-state index is 12.3. The summed E-state index contributed by atoms with van der Waals surface area (Å²) in [6, 6.07) is 7.10.